The van der Waals surface area contributed by atoms with Crippen molar-refractivity contribution < 1.29 is 13.2 Å². The molecular formula is C8H11BrN2O3S2. The van der Waals surface area contributed by atoms with E-state index in [4.69, 9.17) is 0 Å². The van der Waals surface area contributed by atoms with Crippen molar-refractivity contribution in [1.29, 1.82) is 0 Å². The van der Waals surface area contributed by atoms with E-state index in [1.165, 1.54) is 18.4 Å². The molecular weight excluding hydrogens is 316 g/mol. The third-order valence-electron chi connectivity index (χ3n) is 1.82. The van der Waals surface area contributed by atoms with Gasteiger partial charge in [0.2, 0.25) is 15.9 Å². The lowest BCUT2D eigenvalue weighted by Gasteiger charge is -2.13. The number of rotatable bonds is 4. The minimum atomic E-state index is -3.32. The van der Waals surface area contributed by atoms with Gasteiger partial charge in [0.25, 0.3) is 0 Å². The highest BCUT2D eigenvalue weighted by atomic mass is 79.9. The maximum absolute atomic E-state index is 11.5. The van der Waals surface area contributed by atoms with Crippen molar-refractivity contribution in [1.82, 2.24) is 4.31 Å². The molecule has 0 fully saturated rings. The average molecular weight is 327 g/mol. The normalized spacial score (nSPS) is 11.8. The maximum Gasteiger partial charge on any atom is 0.239 e. The zero-order valence-electron chi connectivity index (χ0n) is 8.73. The molecule has 90 valence electrons. The summed E-state index contributed by atoms with van der Waals surface area (Å²) in [7, 11) is -1.96. The summed E-state index contributed by atoms with van der Waals surface area (Å²) >= 11 is 4.70. The topological polar surface area (TPSA) is 66.5 Å². The van der Waals surface area contributed by atoms with Crippen molar-refractivity contribution in [3.05, 3.63) is 15.2 Å². The van der Waals surface area contributed by atoms with E-state index >= 15 is 0 Å². The molecule has 0 saturated carbocycles. The second-order valence-corrected chi connectivity index (χ2v) is 6.89. The molecule has 0 saturated heterocycles. The smallest absolute Gasteiger partial charge is 0.239 e. The van der Waals surface area contributed by atoms with Gasteiger partial charge in [-0.3, -0.25) is 4.79 Å². The van der Waals surface area contributed by atoms with Crippen molar-refractivity contribution in [2.45, 2.75) is 0 Å². The van der Waals surface area contributed by atoms with Crippen molar-refractivity contribution in [2.24, 2.45) is 0 Å². The molecule has 0 aliphatic carbocycles. The predicted molar refractivity (Wildman–Crippen MR) is 68.1 cm³/mol. The first-order chi connectivity index (χ1) is 7.30. The van der Waals surface area contributed by atoms with E-state index < -0.39 is 10.0 Å². The number of nitrogens with one attached hydrogen (secondary N) is 1. The van der Waals surface area contributed by atoms with Crippen LogP contribution in [0.5, 0.6) is 0 Å². The fourth-order valence-electron chi connectivity index (χ4n) is 0.880. The molecule has 0 atom stereocenters. The van der Waals surface area contributed by atoms with Crippen LogP contribution in [0.2, 0.25) is 0 Å². The van der Waals surface area contributed by atoms with Gasteiger partial charge in [0, 0.05) is 17.8 Å². The molecule has 0 aliphatic heterocycles. The summed E-state index contributed by atoms with van der Waals surface area (Å²) in [6.07, 6.45) is 1.06. The maximum atomic E-state index is 11.5. The Hall–Kier alpha value is -0.440. The molecule has 1 amide bonds. The average Bonchev–Trinajstić information content (AvgIpc) is 2.50. The van der Waals surface area contributed by atoms with Crippen LogP contribution in [-0.4, -0.2) is 38.5 Å². The number of carbonyl (C=O) groups is 1. The van der Waals surface area contributed by atoms with Gasteiger partial charge in [-0.2, -0.15) is 4.31 Å². The van der Waals surface area contributed by atoms with Gasteiger partial charge in [-0.15, -0.1) is 11.3 Å². The standard InChI is InChI=1S/C8H11BrN2O3S2/c1-11(16(2,13)14)3-8(12)10-7-5-15-4-6(7)9/h4-5H,3H2,1-2H3,(H,10,12). The van der Waals surface area contributed by atoms with Gasteiger partial charge in [-0.05, 0) is 15.9 Å². The first-order valence-electron chi connectivity index (χ1n) is 4.23. The summed E-state index contributed by atoms with van der Waals surface area (Å²) < 4.78 is 23.9. The van der Waals surface area contributed by atoms with Gasteiger partial charge in [-0.1, -0.05) is 0 Å². The number of nitrogens with zero attached hydrogens (tertiary/aromatic N) is 1. The lowest BCUT2D eigenvalue weighted by atomic mass is 10.5. The highest BCUT2D eigenvalue weighted by Gasteiger charge is 2.15. The van der Waals surface area contributed by atoms with Crippen molar-refractivity contribution in [3.8, 4) is 0 Å². The quantitative estimate of drug-likeness (QED) is 0.908. The molecule has 1 heterocycles. The van der Waals surface area contributed by atoms with Crippen molar-refractivity contribution in [3.63, 3.8) is 0 Å². The molecule has 5 nitrogen and oxygen atoms in total. The van der Waals surface area contributed by atoms with E-state index in [2.05, 4.69) is 21.2 Å². The fourth-order valence-corrected chi connectivity index (χ4v) is 2.56. The van der Waals surface area contributed by atoms with E-state index in [1.54, 1.807) is 5.38 Å². The van der Waals surface area contributed by atoms with Crippen LogP contribution in [0.4, 0.5) is 5.69 Å². The Balaban J connectivity index is 2.59. The number of hydrogen-bond donors (Lipinski definition) is 1. The van der Waals surface area contributed by atoms with Crippen LogP contribution in [0.15, 0.2) is 15.2 Å². The lowest BCUT2D eigenvalue weighted by molar-refractivity contribution is -0.116. The van der Waals surface area contributed by atoms with Crippen LogP contribution in [-0.2, 0) is 14.8 Å². The molecule has 0 unspecified atom stereocenters. The molecule has 16 heavy (non-hydrogen) atoms. The van der Waals surface area contributed by atoms with Crippen LogP contribution in [0, 0.1) is 0 Å². The molecule has 8 heteroatoms. The van der Waals surface area contributed by atoms with E-state index in [0.717, 1.165) is 15.0 Å². The van der Waals surface area contributed by atoms with Crippen LogP contribution < -0.4 is 5.32 Å². The Morgan fingerprint density at radius 2 is 2.19 bits per heavy atom. The van der Waals surface area contributed by atoms with E-state index in [0.29, 0.717) is 5.69 Å². The lowest BCUT2D eigenvalue weighted by Crippen LogP contribution is -2.34. The zero-order valence-corrected chi connectivity index (χ0v) is 11.9. The Bertz CT molecular complexity index is 483. The SMILES string of the molecule is CN(CC(=O)Nc1cscc1Br)S(C)(=O)=O. The number of anilines is 1. The Morgan fingerprint density at radius 3 is 2.62 bits per heavy atom. The second kappa shape index (κ2) is 5.26. The van der Waals surface area contributed by atoms with Gasteiger partial charge < -0.3 is 5.32 Å². The number of hydrogen-bond acceptors (Lipinski definition) is 4. The molecule has 0 radical (unpaired) electrons. The monoisotopic (exact) mass is 326 g/mol. The largest absolute Gasteiger partial charge is 0.323 e. The highest BCUT2D eigenvalue weighted by molar-refractivity contribution is 9.10. The van der Waals surface area contributed by atoms with E-state index in [-0.39, 0.29) is 12.5 Å². The summed E-state index contributed by atoms with van der Waals surface area (Å²) in [5, 5.41) is 6.21. The molecule has 1 aromatic heterocycles. The van der Waals surface area contributed by atoms with Crippen molar-refractivity contribution in [2.75, 3.05) is 25.2 Å². The van der Waals surface area contributed by atoms with E-state index in [9.17, 15) is 13.2 Å². The summed E-state index contributed by atoms with van der Waals surface area (Å²) in [4.78, 5) is 11.5. The predicted octanol–water partition coefficient (Wildman–Crippen LogP) is 1.34. The van der Waals surface area contributed by atoms with Crippen molar-refractivity contribution >= 4 is 48.9 Å². The molecule has 1 aromatic rings. The van der Waals surface area contributed by atoms with Gasteiger partial charge in [0.05, 0.1) is 23.0 Å². The Kier molecular flexibility index (Phi) is 4.48. The molecule has 1 N–H and O–H groups in total. The Morgan fingerprint density at radius 1 is 1.56 bits per heavy atom. The molecule has 1 rings (SSSR count). The first-order valence-corrected chi connectivity index (χ1v) is 7.82. The first kappa shape index (κ1) is 13.6. The minimum Gasteiger partial charge on any atom is -0.323 e. The van der Waals surface area contributed by atoms with Gasteiger partial charge in [-0.25, -0.2) is 8.42 Å². The molecule has 0 aromatic carbocycles. The minimum absolute atomic E-state index is 0.193. The van der Waals surface area contributed by atoms with Crippen LogP contribution >= 0.6 is 27.3 Å². The van der Waals surface area contributed by atoms with Crippen LogP contribution in [0.1, 0.15) is 0 Å². The van der Waals surface area contributed by atoms with Gasteiger partial charge in [0.1, 0.15) is 0 Å². The summed E-state index contributed by atoms with van der Waals surface area (Å²) in [6.45, 7) is -0.193. The summed E-state index contributed by atoms with van der Waals surface area (Å²) in [5.41, 5.74) is 0.650. The molecule has 0 spiro atoms. The number of halogens is 1. The zero-order chi connectivity index (χ0) is 12.3. The van der Waals surface area contributed by atoms with Gasteiger partial charge in [0.15, 0.2) is 0 Å². The number of carbonyl (C=O) groups excluding carboxylic acids is 1. The van der Waals surface area contributed by atoms with Crippen LogP contribution in [0.25, 0.3) is 0 Å². The van der Waals surface area contributed by atoms with E-state index in [1.807, 2.05) is 5.38 Å². The number of likely N-dealkylation sites (N-methyl/N-ethyl adjacent to an activating group) is 1. The summed E-state index contributed by atoms with van der Waals surface area (Å²) in [6, 6.07) is 0. The second-order valence-electron chi connectivity index (χ2n) is 3.20. The van der Waals surface area contributed by atoms with Gasteiger partial charge >= 0.3 is 0 Å². The Labute approximate surface area is 107 Å². The van der Waals surface area contributed by atoms with Crippen LogP contribution in [0.3, 0.4) is 0 Å². The fraction of sp³-hybridized carbons (Fsp3) is 0.375. The molecule has 0 aliphatic rings. The highest BCUT2D eigenvalue weighted by Crippen LogP contribution is 2.26. The summed E-state index contributed by atoms with van der Waals surface area (Å²) in [5.74, 6) is -0.368. The third-order valence-corrected chi connectivity index (χ3v) is 4.79. The number of sulfonamides is 1. The molecule has 0 bridgehead atoms. The number of amides is 1. The number of thiophene rings is 1. The third kappa shape index (κ3) is 3.85.